The van der Waals surface area contributed by atoms with Crippen molar-refractivity contribution in [1.82, 2.24) is 10.6 Å². The summed E-state index contributed by atoms with van der Waals surface area (Å²) in [5.41, 5.74) is 7.20. The highest BCUT2D eigenvalue weighted by Crippen LogP contribution is 2.24. The van der Waals surface area contributed by atoms with E-state index in [-0.39, 0.29) is 25.2 Å². The monoisotopic (exact) mass is 431 g/mol. The molecule has 5 N–H and O–H groups in total. The van der Waals surface area contributed by atoms with Crippen LogP contribution < -0.4 is 16.4 Å². The molecule has 160 valence electrons. The normalized spacial score (nSPS) is 12.6. The van der Waals surface area contributed by atoms with E-state index >= 15 is 0 Å². The largest absolute Gasteiger partial charge is 0.481 e. The highest BCUT2D eigenvalue weighted by atomic mass is 32.1. The molecule has 0 spiro atoms. The number of carboxylic acid groups (broad SMARTS) is 1. The number of carbonyl (C=O) groups is 4. The van der Waals surface area contributed by atoms with Crippen LogP contribution in [0.3, 0.4) is 0 Å². The van der Waals surface area contributed by atoms with Crippen LogP contribution in [0.4, 0.5) is 0 Å². The number of hydrogen-bond donors (Lipinski definition) is 4. The molecular formula is C21H25N3O5S. The molecule has 0 bridgehead atoms. The van der Waals surface area contributed by atoms with Crippen LogP contribution in [0.5, 0.6) is 0 Å². The molecule has 1 aromatic carbocycles. The minimum atomic E-state index is -1.09. The van der Waals surface area contributed by atoms with Gasteiger partial charge in [-0.3, -0.25) is 19.2 Å². The summed E-state index contributed by atoms with van der Waals surface area (Å²) >= 11 is 1.65. The summed E-state index contributed by atoms with van der Waals surface area (Å²) in [4.78, 5) is 47.8. The van der Waals surface area contributed by atoms with Crippen LogP contribution in [0.15, 0.2) is 41.8 Å². The number of hydrogen-bond acceptors (Lipinski definition) is 5. The molecular weight excluding hydrogens is 406 g/mol. The van der Waals surface area contributed by atoms with Crippen molar-refractivity contribution >= 4 is 35.0 Å². The molecule has 0 aliphatic carbocycles. The molecule has 2 aromatic rings. The number of aliphatic carboxylic acids is 1. The Kier molecular flexibility index (Phi) is 8.54. The molecule has 30 heavy (non-hydrogen) atoms. The summed E-state index contributed by atoms with van der Waals surface area (Å²) in [6.45, 7) is 1.41. The Morgan fingerprint density at radius 3 is 2.33 bits per heavy atom. The average molecular weight is 432 g/mol. The predicted molar refractivity (Wildman–Crippen MR) is 114 cm³/mol. The highest BCUT2D eigenvalue weighted by Gasteiger charge is 2.24. The van der Waals surface area contributed by atoms with E-state index in [0.717, 1.165) is 16.0 Å². The van der Waals surface area contributed by atoms with Gasteiger partial charge in [0.25, 0.3) is 0 Å². The summed E-state index contributed by atoms with van der Waals surface area (Å²) in [7, 11) is 0. The minimum Gasteiger partial charge on any atom is -0.481 e. The first-order valence-corrected chi connectivity index (χ1v) is 10.4. The van der Waals surface area contributed by atoms with Crippen molar-refractivity contribution in [3.63, 3.8) is 0 Å². The summed E-state index contributed by atoms with van der Waals surface area (Å²) in [5.74, 6) is -2.83. The molecule has 2 atom stereocenters. The Balaban J connectivity index is 1.91. The first-order chi connectivity index (χ1) is 14.3. The second-order valence-electron chi connectivity index (χ2n) is 6.86. The predicted octanol–water partition coefficient (Wildman–Crippen LogP) is 1.69. The molecule has 1 heterocycles. The topological polar surface area (TPSA) is 139 Å². The fourth-order valence-corrected chi connectivity index (χ4v) is 3.46. The highest BCUT2D eigenvalue weighted by molar-refractivity contribution is 7.13. The number of benzene rings is 1. The molecule has 0 fully saturated rings. The van der Waals surface area contributed by atoms with Crippen LogP contribution >= 0.6 is 11.3 Å². The standard InChI is InChI=1S/C21H25N3O5S/c1-13(20(22)28)23-21(29)16(9-11-19(26)27)24-18(25)10-6-14-4-7-15(8-5-14)17-3-2-12-30-17/h2-5,7-8,12-13,16H,6,9-11H2,1H3,(H2,22,28)(H,23,29)(H,24,25)(H,26,27)/t13-,16+/m1/s1. The molecule has 2 rings (SSSR count). The quantitative estimate of drug-likeness (QED) is 0.429. The number of nitrogens with one attached hydrogen (secondary N) is 2. The van der Waals surface area contributed by atoms with Crippen LogP contribution in [0.25, 0.3) is 10.4 Å². The zero-order chi connectivity index (χ0) is 22.1. The summed E-state index contributed by atoms with van der Waals surface area (Å²) < 4.78 is 0. The van der Waals surface area contributed by atoms with E-state index in [9.17, 15) is 19.2 Å². The van der Waals surface area contributed by atoms with Crippen LogP contribution in [0.2, 0.25) is 0 Å². The third-order valence-corrected chi connectivity index (χ3v) is 5.40. The van der Waals surface area contributed by atoms with E-state index in [0.29, 0.717) is 6.42 Å². The average Bonchev–Trinajstić information content (AvgIpc) is 3.24. The van der Waals surface area contributed by atoms with E-state index in [1.165, 1.54) is 6.92 Å². The Bertz CT molecular complexity index is 881. The van der Waals surface area contributed by atoms with Crippen molar-refractivity contribution in [1.29, 1.82) is 0 Å². The Hall–Kier alpha value is -3.20. The molecule has 0 saturated heterocycles. The van der Waals surface area contributed by atoms with E-state index in [2.05, 4.69) is 10.6 Å². The molecule has 0 aliphatic rings. The molecule has 0 unspecified atom stereocenters. The lowest BCUT2D eigenvalue weighted by molar-refractivity contribution is -0.138. The fraction of sp³-hybridized carbons (Fsp3) is 0.333. The van der Waals surface area contributed by atoms with Crippen molar-refractivity contribution in [3.05, 3.63) is 47.3 Å². The molecule has 0 saturated carbocycles. The Morgan fingerprint density at radius 1 is 1.07 bits per heavy atom. The van der Waals surface area contributed by atoms with Crippen molar-refractivity contribution in [3.8, 4) is 10.4 Å². The van der Waals surface area contributed by atoms with Crippen molar-refractivity contribution in [2.75, 3.05) is 0 Å². The van der Waals surface area contributed by atoms with Gasteiger partial charge >= 0.3 is 5.97 Å². The number of nitrogens with two attached hydrogens (primary N) is 1. The molecule has 0 aliphatic heterocycles. The van der Waals surface area contributed by atoms with Gasteiger partial charge in [-0.25, -0.2) is 0 Å². The maximum atomic E-state index is 12.3. The smallest absolute Gasteiger partial charge is 0.303 e. The molecule has 0 radical (unpaired) electrons. The summed E-state index contributed by atoms with van der Waals surface area (Å²) in [5, 5.41) is 15.8. The van der Waals surface area contributed by atoms with Crippen LogP contribution in [0, 0.1) is 0 Å². The second-order valence-corrected chi connectivity index (χ2v) is 7.81. The van der Waals surface area contributed by atoms with E-state index in [1.54, 1.807) is 11.3 Å². The van der Waals surface area contributed by atoms with Gasteiger partial charge in [-0.2, -0.15) is 0 Å². The van der Waals surface area contributed by atoms with Gasteiger partial charge in [0.15, 0.2) is 0 Å². The molecule has 3 amide bonds. The van der Waals surface area contributed by atoms with Crippen molar-refractivity contribution in [2.45, 2.75) is 44.7 Å². The molecule has 9 heteroatoms. The van der Waals surface area contributed by atoms with Crippen LogP contribution in [-0.4, -0.2) is 40.9 Å². The number of amides is 3. The number of primary amides is 1. The first kappa shape index (κ1) is 23.1. The van der Waals surface area contributed by atoms with Gasteiger partial charge in [0.2, 0.25) is 17.7 Å². The van der Waals surface area contributed by atoms with Gasteiger partial charge < -0.3 is 21.5 Å². The third-order valence-electron chi connectivity index (χ3n) is 4.48. The fourth-order valence-electron chi connectivity index (χ4n) is 2.72. The maximum absolute atomic E-state index is 12.3. The first-order valence-electron chi connectivity index (χ1n) is 9.50. The number of carboxylic acids is 1. The summed E-state index contributed by atoms with van der Waals surface area (Å²) in [6.07, 6.45) is 0.226. The maximum Gasteiger partial charge on any atom is 0.303 e. The van der Waals surface area contributed by atoms with Gasteiger partial charge in [-0.1, -0.05) is 30.3 Å². The lowest BCUT2D eigenvalue weighted by Crippen LogP contribution is -2.52. The van der Waals surface area contributed by atoms with Crippen molar-refractivity contribution in [2.24, 2.45) is 5.73 Å². The summed E-state index contributed by atoms with van der Waals surface area (Å²) in [6, 6.07) is 9.92. The van der Waals surface area contributed by atoms with Gasteiger partial charge in [0, 0.05) is 17.7 Å². The SMILES string of the molecule is C[C@@H](NC(=O)[C@H](CCC(=O)O)NC(=O)CCc1ccc(-c2cccs2)cc1)C(N)=O. The van der Waals surface area contributed by atoms with E-state index in [4.69, 9.17) is 10.8 Å². The zero-order valence-electron chi connectivity index (χ0n) is 16.6. The number of carbonyl (C=O) groups excluding carboxylic acids is 3. The van der Waals surface area contributed by atoms with Crippen LogP contribution in [0.1, 0.15) is 31.7 Å². The van der Waals surface area contributed by atoms with Crippen molar-refractivity contribution < 1.29 is 24.3 Å². The zero-order valence-corrected chi connectivity index (χ0v) is 17.4. The van der Waals surface area contributed by atoms with Gasteiger partial charge in [-0.15, -0.1) is 11.3 Å². The van der Waals surface area contributed by atoms with E-state index in [1.807, 2.05) is 41.8 Å². The lowest BCUT2D eigenvalue weighted by atomic mass is 10.1. The molecule has 1 aromatic heterocycles. The minimum absolute atomic E-state index is 0.0894. The Morgan fingerprint density at radius 2 is 1.77 bits per heavy atom. The number of aryl methyl sites for hydroxylation is 1. The lowest BCUT2D eigenvalue weighted by Gasteiger charge is -2.19. The second kappa shape index (κ2) is 11.1. The van der Waals surface area contributed by atoms with Crippen LogP contribution in [-0.2, 0) is 25.6 Å². The van der Waals surface area contributed by atoms with E-state index < -0.39 is 29.9 Å². The number of rotatable bonds is 11. The van der Waals surface area contributed by atoms with Gasteiger partial charge in [0.1, 0.15) is 12.1 Å². The van der Waals surface area contributed by atoms with Gasteiger partial charge in [-0.05, 0) is 42.3 Å². The molecule has 8 nitrogen and oxygen atoms in total. The van der Waals surface area contributed by atoms with Gasteiger partial charge in [0.05, 0.1) is 0 Å². The third kappa shape index (κ3) is 7.32. The number of thiophene rings is 1. The Labute approximate surface area is 178 Å².